The molecule has 0 unspecified atom stereocenters. The number of carboxylic acid groups (broad SMARTS) is 1. The SMILES string of the molecule is Cc1cccc(NC(=O)c2c(NC(=O)C[C@H](C)CC(=O)O)sc3c2CCCC3)c1. The minimum absolute atomic E-state index is 0.0605. The zero-order valence-electron chi connectivity index (χ0n) is 16.7. The minimum Gasteiger partial charge on any atom is -0.481 e. The number of nitrogens with one attached hydrogen (secondary N) is 2. The van der Waals surface area contributed by atoms with Gasteiger partial charge in [-0.1, -0.05) is 19.1 Å². The van der Waals surface area contributed by atoms with E-state index >= 15 is 0 Å². The molecule has 0 bridgehead atoms. The van der Waals surface area contributed by atoms with Crippen LogP contribution < -0.4 is 10.6 Å². The Labute approximate surface area is 174 Å². The molecule has 6 nitrogen and oxygen atoms in total. The molecule has 0 saturated heterocycles. The molecule has 2 amide bonds. The smallest absolute Gasteiger partial charge is 0.303 e. The van der Waals surface area contributed by atoms with E-state index in [2.05, 4.69) is 10.6 Å². The first-order chi connectivity index (χ1) is 13.8. The van der Waals surface area contributed by atoms with E-state index in [0.717, 1.165) is 47.4 Å². The summed E-state index contributed by atoms with van der Waals surface area (Å²) < 4.78 is 0. The van der Waals surface area contributed by atoms with Crippen molar-refractivity contribution in [3.05, 3.63) is 45.8 Å². The third-order valence-corrected chi connectivity index (χ3v) is 6.19. The van der Waals surface area contributed by atoms with Gasteiger partial charge in [0.25, 0.3) is 5.91 Å². The molecule has 1 heterocycles. The number of aliphatic carboxylic acids is 1. The van der Waals surface area contributed by atoms with Gasteiger partial charge < -0.3 is 15.7 Å². The largest absolute Gasteiger partial charge is 0.481 e. The molecule has 3 N–H and O–H groups in total. The molecule has 1 aliphatic rings. The van der Waals surface area contributed by atoms with Crippen LogP contribution in [0.3, 0.4) is 0 Å². The van der Waals surface area contributed by atoms with Crippen molar-refractivity contribution in [3.8, 4) is 0 Å². The number of hydrogen-bond donors (Lipinski definition) is 3. The maximum absolute atomic E-state index is 13.1. The lowest BCUT2D eigenvalue weighted by atomic mass is 9.95. The van der Waals surface area contributed by atoms with Crippen molar-refractivity contribution in [1.29, 1.82) is 0 Å². The van der Waals surface area contributed by atoms with Gasteiger partial charge in [0.2, 0.25) is 5.91 Å². The molecule has 0 fully saturated rings. The van der Waals surface area contributed by atoms with Crippen molar-refractivity contribution in [2.75, 3.05) is 10.6 Å². The second kappa shape index (κ2) is 9.22. The zero-order valence-corrected chi connectivity index (χ0v) is 17.5. The second-order valence-corrected chi connectivity index (χ2v) is 8.80. The Morgan fingerprint density at radius 2 is 1.90 bits per heavy atom. The summed E-state index contributed by atoms with van der Waals surface area (Å²) in [5.74, 6) is -1.67. The number of rotatable bonds is 7. The van der Waals surface area contributed by atoms with Crippen molar-refractivity contribution in [1.82, 2.24) is 0 Å². The number of aryl methyl sites for hydroxylation is 2. The van der Waals surface area contributed by atoms with Gasteiger partial charge in [0.05, 0.1) is 5.56 Å². The first-order valence-corrected chi connectivity index (χ1v) is 10.7. The van der Waals surface area contributed by atoms with Crippen molar-refractivity contribution in [3.63, 3.8) is 0 Å². The van der Waals surface area contributed by atoms with Gasteiger partial charge >= 0.3 is 5.97 Å². The van der Waals surface area contributed by atoms with Crippen molar-refractivity contribution in [2.45, 2.75) is 52.4 Å². The van der Waals surface area contributed by atoms with E-state index in [1.807, 2.05) is 31.2 Å². The Kier molecular flexibility index (Phi) is 6.69. The maximum atomic E-state index is 13.1. The average molecular weight is 415 g/mol. The Morgan fingerprint density at radius 1 is 1.14 bits per heavy atom. The molecule has 0 saturated carbocycles. The van der Waals surface area contributed by atoms with Gasteiger partial charge in [0.1, 0.15) is 5.00 Å². The summed E-state index contributed by atoms with van der Waals surface area (Å²) in [6.45, 7) is 3.70. The lowest BCUT2D eigenvalue weighted by molar-refractivity contribution is -0.138. The number of carboxylic acids is 1. The van der Waals surface area contributed by atoms with Gasteiger partial charge in [-0.25, -0.2) is 0 Å². The summed E-state index contributed by atoms with van der Waals surface area (Å²) in [6, 6.07) is 7.60. The maximum Gasteiger partial charge on any atom is 0.303 e. The molecule has 1 aromatic carbocycles. The zero-order chi connectivity index (χ0) is 21.0. The number of fused-ring (bicyclic) bond motifs is 1. The predicted molar refractivity (Wildman–Crippen MR) is 115 cm³/mol. The van der Waals surface area contributed by atoms with Crippen LogP contribution in [-0.4, -0.2) is 22.9 Å². The van der Waals surface area contributed by atoms with Crippen LogP contribution in [0.1, 0.15) is 59.0 Å². The normalized spacial score (nSPS) is 14.0. The van der Waals surface area contributed by atoms with E-state index < -0.39 is 5.97 Å². The topological polar surface area (TPSA) is 95.5 Å². The standard InChI is InChI=1S/C22H26N2O4S/c1-13-6-5-7-15(10-13)23-21(28)20-16-8-3-4-9-17(16)29-22(20)24-18(25)11-14(2)12-19(26)27/h5-7,10,14H,3-4,8-9,11-12H2,1-2H3,(H,23,28)(H,24,25)(H,26,27)/t14-/m0/s1. The van der Waals surface area contributed by atoms with Crippen molar-refractivity contribution < 1.29 is 19.5 Å². The van der Waals surface area contributed by atoms with Gasteiger partial charge in [-0.15, -0.1) is 11.3 Å². The van der Waals surface area contributed by atoms with Gasteiger partial charge in [-0.3, -0.25) is 14.4 Å². The van der Waals surface area contributed by atoms with Crippen LogP contribution in [0.15, 0.2) is 24.3 Å². The fourth-order valence-corrected chi connectivity index (χ4v) is 4.98. The third-order valence-electron chi connectivity index (χ3n) is 4.98. The number of amides is 2. The van der Waals surface area contributed by atoms with E-state index in [1.54, 1.807) is 6.92 Å². The van der Waals surface area contributed by atoms with E-state index in [1.165, 1.54) is 11.3 Å². The molecule has 29 heavy (non-hydrogen) atoms. The van der Waals surface area contributed by atoms with Crippen LogP contribution in [0.5, 0.6) is 0 Å². The molecular weight excluding hydrogens is 388 g/mol. The molecule has 1 aliphatic carbocycles. The van der Waals surface area contributed by atoms with Crippen LogP contribution in [-0.2, 0) is 22.4 Å². The average Bonchev–Trinajstić information content (AvgIpc) is 2.98. The van der Waals surface area contributed by atoms with E-state index in [9.17, 15) is 14.4 Å². The molecule has 0 radical (unpaired) electrons. The van der Waals surface area contributed by atoms with Crippen molar-refractivity contribution >= 4 is 39.8 Å². The lowest BCUT2D eigenvalue weighted by Crippen LogP contribution is -2.20. The highest BCUT2D eigenvalue weighted by Crippen LogP contribution is 2.38. The number of benzene rings is 1. The molecule has 154 valence electrons. The Balaban J connectivity index is 1.82. The molecule has 3 rings (SSSR count). The summed E-state index contributed by atoms with van der Waals surface area (Å²) in [5, 5.41) is 15.3. The van der Waals surface area contributed by atoms with E-state index in [-0.39, 0.29) is 30.6 Å². The molecular formula is C22H26N2O4S. The number of thiophene rings is 1. The molecule has 0 spiro atoms. The van der Waals surface area contributed by atoms with Crippen molar-refractivity contribution in [2.24, 2.45) is 5.92 Å². The van der Waals surface area contributed by atoms with Gasteiger partial charge in [-0.05, 0) is 61.8 Å². The quantitative estimate of drug-likeness (QED) is 0.616. The van der Waals surface area contributed by atoms with Gasteiger partial charge in [-0.2, -0.15) is 0 Å². The Hall–Kier alpha value is -2.67. The number of hydrogen-bond acceptors (Lipinski definition) is 4. The Morgan fingerprint density at radius 3 is 2.62 bits per heavy atom. The highest BCUT2D eigenvalue weighted by molar-refractivity contribution is 7.17. The first-order valence-electron chi connectivity index (χ1n) is 9.87. The molecule has 0 aliphatic heterocycles. The molecule has 1 atom stereocenters. The van der Waals surface area contributed by atoms with E-state index in [4.69, 9.17) is 5.11 Å². The summed E-state index contributed by atoms with van der Waals surface area (Å²) >= 11 is 1.46. The molecule has 7 heteroatoms. The second-order valence-electron chi connectivity index (χ2n) is 7.69. The minimum atomic E-state index is -0.921. The summed E-state index contributed by atoms with van der Waals surface area (Å²) in [6.07, 6.45) is 3.89. The van der Waals surface area contributed by atoms with Crippen LogP contribution >= 0.6 is 11.3 Å². The van der Waals surface area contributed by atoms with E-state index in [0.29, 0.717) is 10.6 Å². The van der Waals surface area contributed by atoms with Gasteiger partial charge in [0.15, 0.2) is 0 Å². The summed E-state index contributed by atoms with van der Waals surface area (Å²) in [5.41, 5.74) is 3.35. The fourth-order valence-electron chi connectivity index (χ4n) is 3.67. The van der Waals surface area contributed by atoms with Crippen LogP contribution in [0, 0.1) is 12.8 Å². The highest BCUT2D eigenvalue weighted by atomic mass is 32.1. The molecule has 1 aromatic heterocycles. The first kappa shape index (κ1) is 21.0. The van der Waals surface area contributed by atoms with Gasteiger partial charge in [0, 0.05) is 23.4 Å². The van der Waals surface area contributed by atoms with Crippen LogP contribution in [0.2, 0.25) is 0 Å². The molecule has 2 aromatic rings. The van der Waals surface area contributed by atoms with Crippen LogP contribution in [0.25, 0.3) is 0 Å². The number of anilines is 2. The summed E-state index contributed by atoms with van der Waals surface area (Å²) in [4.78, 5) is 37.6. The Bertz CT molecular complexity index is 935. The van der Waals surface area contributed by atoms with Crippen LogP contribution in [0.4, 0.5) is 10.7 Å². The third kappa shape index (κ3) is 5.44. The summed E-state index contributed by atoms with van der Waals surface area (Å²) in [7, 11) is 0. The highest BCUT2D eigenvalue weighted by Gasteiger charge is 2.27. The monoisotopic (exact) mass is 414 g/mol. The number of carbonyl (C=O) groups excluding carboxylic acids is 2. The number of carbonyl (C=O) groups is 3. The lowest BCUT2D eigenvalue weighted by Gasteiger charge is -2.14. The predicted octanol–water partition coefficient (Wildman–Crippen LogP) is 4.63. The fraction of sp³-hybridized carbons (Fsp3) is 0.409.